The number of hydrogen-bond donors (Lipinski definition) is 1. The molecular formula is C10H15N3O. The van der Waals surface area contributed by atoms with Crippen molar-refractivity contribution in [3.05, 3.63) is 18.0 Å². The van der Waals surface area contributed by atoms with E-state index in [1.807, 2.05) is 7.05 Å². The Morgan fingerprint density at radius 1 is 1.71 bits per heavy atom. The van der Waals surface area contributed by atoms with Gasteiger partial charge in [0.25, 0.3) is 0 Å². The third-order valence-corrected chi connectivity index (χ3v) is 2.66. The summed E-state index contributed by atoms with van der Waals surface area (Å²) in [4.78, 5) is 11.9. The van der Waals surface area contributed by atoms with Crippen LogP contribution in [0, 0.1) is 5.92 Å². The molecule has 76 valence electrons. The molecule has 1 fully saturated rings. The van der Waals surface area contributed by atoms with Crippen molar-refractivity contribution in [3.8, 4) is 0 Å². The third-order valence-electron chi connectivity index (χ3n) is 2.66. The molecule has 1 saturated heterocycles. The van der Waals surface area contributed by atoms with Gasteiger partial charge in [-0.1, -0.05) is 0 Å². The molecule has 4 heteroatoms. The number of aryl methyl sites for hydroxylation is 1. The summed E-state index contributed by atoms with van der Waals surface area (Å²) in [6, 6.07) is 0. The van der Waals surface area contributed by atoms with Gasteiger partial charge in [-0.15, -0.1) is 0 Å². The van der Waals surface area contributed by atoms with E-state index in [1.54, 1.807) is 17.1 Å². The van der Waals surface area contributed by atoms with E-state index in [2.05, 4.69) is 10.4 Å². The highest BCUT2D eigenvalue weighted by atomic mass is 16.1. The Labute approximate surface area is 83.3 Å². The zero-order valence-corrected chi connectivity index (χ0v) is 8.36. The van der Waals surface area contributed by atoms with Crippen molar-refractivity contribution in [2.45, 2.75) is 12.8 Å². The molecule has 0 amide bonds. The summed E-state index contributed by atoms with van der Waals surface area (Å²) in [7, 11) is 1.83. The molecule has 0 bridgehead atoms. The molecule has 0 spiro atoms. The fraction of sp³-hybridized carbons (Fsp3) is 0.600. The van der Waals surface area contributed by atoms with Gasteiger partial charge in [-0.05, 0) is 19.4 Å². The third kappa shape index (κ3) is 1.85. The lowest BCUT2D eigenvalue weighted by Crippen LogP contribution is -2.34. The van der Waals surface area contributed by atoms with Crippen LogP contribution in [0.25, 0.3) is 0 Å². The smallest absolute Gasteiger partial charge is 0.170 e. The molecule has 1 unspecified atom stereocenters. The molecule has 0 aromatic carbocycles. The van der Waals surface area contributed by atoms with Gasteiger partial charge in [0.05, 0.1) is 11.8 Å². The molecular weight excluding hydrogens is 178 g/mol. The van der Waals surface area contributed by atoms with E-state index >= 15 is 0 Å². The molecule has 1 aromatic rings. The van der Waals surface area contributed by atoms with E-state index in [0.717, 1.165) is 31.5 Å². The lowest BCUT2D eigenvalue weighted by atomic mass is 9.92. The van der Waals surface area contributed by atoms with E-state index < -0.39 is 0 Å². The van der Waals surface area contributed by atoms with Crippen molar-refractivity contribution < 1.29 is 4.79 Å². The van der Waals surface area contributed by atoms with Crippen LogP contribution in [0.3, 0.4) is 0 Å². The van der Waals surface area contributed by atoms with Gasteiger partial charge < -0.3 is 5.32 Å². The second-order valence-electron chi connectivity index (χ2n) is 3.81. The molecule has 1 aliphatic heterocycles. The number of rotatable bonds is 2. The zero-order valence-electron chi connectivity index (χ0n) is 8.36. The summed E-state index contributed by atoms with van der Waals surface area (Å²) in [6.45, 7) is 1.85. The Bertz CT molecular complexity index is 326. The van der Waals surface area contributed by atoms with Crippen molar-refractivity contribution in [3.63, 3.8) is 0 Å². The monoisotopic (exact) mass is 193 g/mol. The van der Waals surface area contributed by atoms with Gasteiger partial charge in [0, 0.05) is 25.7 Å². The summed E-state index contributed by atoms with van der Waals surface area (Å²) in [5, 5.41) is 7.25. The van der Waals surface area contributed by atoms with E-state index in [4.69, 9.17) is 0 Å². The molecule has 14 heavy (non-hydrogen) atoms. The summed E-state index contributed by atoms with van der Waals surface area (Å²) in [5.41, 5.74) is 0.737. The van der Waals surface area contributed by atoms with E-state index in [-0.39, 0.29) is 11.7 Å². The maximum absolute atomic E-state index is 11.9. The van der Waals surface area contributed by atoms with Gasteiger partial charge in [-0.3, -0.25) is 9.48 Å². The summed E-state index contributed by atoms with van der Waals surface area (Å²) >= 11 is 0. The van der Waals surface area contributed by atoms with Gasteiger partial charge in [0.1, 0.15) is 0 Å². The Morgan fingerprint density at radius 2 is 2.57 bits per heavy atom. The first kappa shape index (κ1) is 9.40. The molecule has 0 saturated carbocycles. The van der Waals surface area contributed by atoms with Crippen molar-refractivity contribution in [2.24, 2.45) is 13.0 Å². The van der Waals surface area contributed by atoms with Crippen LogP contribution in [0.5, 0.6) is 0 Å². The highest BCUT2D eigenvalue weighted by molar-refractivity contribution is 5.97. The summed E-state index contributed by atoms with van der Waals surface area (Å²) < 4.78 is 1.67. The van der Waals surface area contributed by atoms with E-state index in [9.17, 15) is 4.79 Å². The number of nitrogens with zero attached hydrogens (tertiary/aromatic N) is 2. The maximum atomic E-state index is 11.9. The van der Waals surface area contributed by atoms with Gasteiger partial charge in [-0.25, -0.2) is 0 Å². The van der Waals surface area contributed by atoms with Gasteiger partial charge in [-0.2, -0.15) is 5.10 Å². The Hall–Kier alpha value is -1.16. The second kappa shape index (κ2) is 3.92. The van der Waals surface area contributed by atoms with Crippen LogP contribution in [-0.4, -0.2) is 28.7 Å². The quantitative estimate of drug-likeness (QED) is 0.700. The Kier molecular flexibility index (Phi) is 2.63. The molecule has 1 aliphatic rings. The molecule has 2 heterocycles. The van der Waals surface area contributed by atoms with Crippen LogP contribution in [0.4, 0.5) is 0 Å². The maximum Gasteiger partial charge on any atom is 0.170 e. The van der Waals surface area contributed by atoms with Crippen LogP contribution in [0.1, 0.15) is 23.2 Å². The number of hydrogen-bond acceptors (Lipinski definition) is 3. The SMILES string of the molecule is Cn1cc(C(=O)C2CCCNC2)cn1. The van der Waals surface area contributed by atoms with Crippen LogP contribution in [-0.2, 0) is 7.05 Å². The number of carbonyl (C=O) groups is 1. The van der Waals surface area contributed by atoms with Crippen LogP contribution >= 0.6 is 0 Å². The average molecular weight is 193 g/mol. The molecule has 4 nitrogen and oxygen atoms in total. The molecule has 1 N–H and O–H groups in total. The second-order valence-corrected chi connectivity index (χ2v) is 3.81. The number of nitrogens with one attached hydrogen (secondary N) is 1. The number of piperidine rings is 1. The molecule has 1 atom stereocenters. The van der Waals surface area contributed by atoms with Crippen molar-refractivity contribution in [1.82, 2.24) is 15.1 Å². The van der Waals surface area contributed by atoms with Gasteiger partial charge >= 0.3 is 0 Å². The highest BCUT2D eigenvalue weighted by Crippen LogP contribution is 2.15. The first-order valence-corrected chi connectivity index (χ1v) is 5.01. The standard InChI is InChI=1S/C10H15N3O/c1-13-7-9(6-12-13)10(14)8-3-2-4-11-5-8/h6-8,11H,2-5H2,1H3. The molecule has 2 rings (SSSR count). The Morgan fingerprint density at radius 3 is 3.14 bits per heavy atom. The number of aromatic nitrogens is 2. The lowest BCUT2D eigenvalue weighted by Gasteiger charge is -2.20. The van der Waals surface area contributed by atoms with Crippen LogP contribution < -0.4 is 5.32 Å². The average Bonchev–Trinajstić information content (AvgIpc) is 2.65. The zero-order chi connectivity index (χ0) is 9.97. The fourth-order valence-electron chi connectivity index (χ4n) is 1.86. The fourth-order valence-corrected chi connectivity index (χ4v) is 1.86. The molecule has 0 aliphatic carbocycles. The number of ketones is 1. The minimum atomic E-state index is 0.146. The van der Waals surface area contributed by atoms with Crippen molar-refractivity contribution in [2.75, 3.05) is 13.1 Å². The minimum absolute atomic E-state index is 0.146. The molecule has 0 radical (unpaired) electrons. The topological polar surface area (TPSA) is 46.9 Å². The lowest BCUT2D eigenvalue weighted by molar-refractivity contribution is 0.0899. The number of Topliss-reactive ketones (excluding diaryl/α,β-unsaturated/α-hetero) is 1. The number of carbonyl (C=O) groups excluding carboxylic acids is 1. The van der Waals surface area contributed by atoms with E-state index in [1.165, 1.54) is 0 Å². The van der Waals surface area contributed by atoms with Gasteiger partial charge in [0.15, 0.2) is 5.78 Å². The minimum Gasteiger partial charge on any atom is -0.316 e. The van der Waals surface area contributed by atoms with E-state index in [0.29, 0.717) is 0 Å². The first-order valence-electron chi connectivity index (χ1n) is 5.01. The summed E-state index contributed by atoms with van der Waals surface area (Å²) in [5.74, 6) is 0.373. The normalized spacial score (nSPS) is 22.2. The van der Waals surface area contributed by atoms with Crippen LogP contribution in [0.15, 0.2) is 12.4 Å². The highest BCUT2D eigenvalue weighted by Gasteiger charge is 2.22. The first-order chi connectivity index (χ1) is 6.77. The largest absolute Gasteiger partial charge is 0.316 e. The van der Waals surface area contributed by atoms with Crippen LogP contribution in [0.2, 0.25) is 0 Å². The van der Waals surface area contributed by atoms with Gasteiger partial charge in [0.2, 0.25) is 0 Å². The Balaban J connectivity index is 2.07. The predicted molar refractivity (Wildman–Crippen MR) is 53.1 cm³/mol. The summed E-state index contributed by atoms with van der Waals surface area (Å²) in [6.07, 6.45) is 5.53. The molecule has 1 aromatic heterocycles. The van der Waals surface area contributed by atoms with Crippen molar-refractivity contribution in [1.29, 1.82) is 0 Å². The predicted octanol–water partition coefficient (Wildman–Crippen LogP) is 0.602. The van der Waals surface area contributed by atoms with Crippen molar-refractivity contribution >= 4 is 5.78 Å².